The number of carbonyl (C=O) groups is 5. The Kier molecular flexibility index (Phi) is 10.3. The minimum absolute atomic E-state index is 0.0707. The fourth-order valence-electron chi connectivity index (χ4n) is 9.39. The van der Waals surface area contributed by atoms with Crippen LogP contribution in [0.1, 0.15) is 63.1 Å². The van der Waals surface area contributed by atoms with Gasteiger partial charge in [0.05, 0.1) is 43.0 Å². The number of hydrogen-bond acceptors (Lipinski definition) is 11. The second-order valence-corrected chi connectivity index (χ2v) is 16.2. The van der Waals surface area contributed by atoms with Gasteiger partial charge in [0, 0.05) is 82.3 Å². The van der Waals surface area contributed by atoms with Crippen molar-refractivity contribution in [3.63, 3.8) is 0 Å². The maximum atomic E-state index is 13.5. The first-order valence-corrected chi connectivity index (χ1v) is 19.8. The number of aryl methyl sites for hydroxylation is 1. The molecule has 2 N–H and O–H groups in total. The van der Waals surface area contributed by atoms with Gasteiger partial charge >= 0.3 is 6.03 Å². The molecule has 58 heavy (non-hydrogen) atoms. The first kappa shape index (κ1) is 39.1. The molecule has 1 aromatic heterocycles. The zero-order valence-corrected chi connectivity index (χ0v) is 33.7. The average molecular weight is 795 g/mol. The SMILES string of the molecule is COc1cc(-c2cn(C)c(=O)c3c2CCN(C(=O)NCCN2CCC4(CCN4c4ccc5c(c4)C(=O)N(C4CCC(=O)NC4=O)C5=O)C2)C3)cc(OC)c1CN(C)C. The normalized spacial score (nSPS) is 21.7. The predicted octanol–water partition coefficient (Wildman–Crippen LogP) is 1.95. The van der Waals surface area contributed by atoms with Crippen molar-refractivity contribution < 1.29 is 33.4 Å². The standard InChI is InChI=1S/C42H50N8O8/c1-45(2)21-32-34(57-4)18-25(19-35(32)58-5)30-22-46(3)38(53)31-23-48(14-10-27(30)31)41(56)43-13-17-47-15-11-42(24-47)12-16-49(42)26-6-7-28-29(20-26)40(55)50(39(28)54)33-8-9-36(51)44-37(33)52/h6-7,18-20,22,33H,8-17,21,23-24H2,1-5H3,(H,43,56)(H,44,51,52). The highest BCUT2D eigenvalue weighted by Crippen LogP contribution is 2.44. The van der Waals surface area contributed by atoms with Gasteiger partial charge in [0.1, 0.15) is 17.5 Å². The molecular formula is C42H50N8O8. The number of aromatic nitrogens is 1. The number of ether oxygens (including phenoxy) is 2. The van der Waals surface area contributed by atoms with Gasteiger partial charge in [0.25, 0.3) is 17.4 Å². The van der Waals surface area contributed by atoms with Crippen LogP contribution in [0.5, 0.6) is 11.5 Å². The topological polar surface area (TPSA) is 166 Å². The summed E-state index contributed by atoms with van der Waals surface area (Å²) in [5.74, 6) is -0.661. The number of nitrogens with zero attached hydrogens (tertiary/aromatic N) is 6. The van der Waals surface area contributed by atoms with E-state index >= 15 is 0 Å². The number of likely N-dealkylation sites (tertiary alicyclic amines) is 1. The Morgan fingerprint density at radius 3 is 2.31 bits per heavy atom. The molecule has 3 aromatic rings. The number of urea groups is 1. The van der Waals surface area contributed by atoms with Crippen LogP contribution >= 0.6 is 0 Å². The summed E-state index contributed by atoms with van der Waals surface area (Å²) in [5.41, 5.74) is 5.40. The van der Waals surface area contributed by atoms with Crippen molar-refractivity contribution in [1.29, 1.82) is 0 Å². The predicted molar refractivity (Wildman–Crippen MR) is 214 cm³/mol. The van der Waals surface area contributed by atoms with Crippen molar-refractivity contribution in [2.24, 2.45) is 7.05 Å². The molecule has 1 spiro atoms. The van der Waals surface area contributed by atoms with Gasteiger partial charge in [0.15, 0.2) is 0 Å². The third-order valence-electron chi connectivity index (χ3n) is 12.5. The van der Waals surface area contributed by atoms with Crippen molar-refractivity contribution >= 4 is 35.3 Å². The minimum Gasteiger partial charge on any atom is -0.496 e. The molecule has 0 aliphatic carbocycles. The number of carbonyl (C=O) groups excluding carboxylic acids is 5. The van der Waals surface area contributed by atoms with Gasteiger partial charge in [-0.15, -0.1) is 0 Å². The number of piperidine rings is 1. The molecule has 6 heterocycles. The van der Waals surface area contributed by atoms with E-state index < -0.39 is 29.7 Å². The lowest BCUT2D eigenvalue weighted by molar-refractivity contribution is -0.136. The van der Waals surface area contributed by atoms with Crippen LogP contribution < -0.4 is 30.6 Å². The number of pyridine rings is 1. The lowest BCUT2D eigenvalue weighted by atomic mass is 9.83. The van der Waals surface area contributed by atoms with Gasteiger partial charge in [-0.1, -0.05) is 0 Å². The summed E-state index contributed by atoms with van der Waals surface area (Å²) in [6, 6.07) is 8.05. The summed E-state index contributed by atoms with van der Waals surface area (Å²) in [4.78, 5) is 87.2. The molecule has 6 amide bonds. The van der Waals surface area contributed by atoms with Crippen molar-refractivity contribution in [2.75, 3.05) is 72.5 Å². The summed E-state index contributed by atoms with van der Waals surface area (Å²) >= 11 is 0. The zero-order valence-electron chi connectivity index (χ0n) is 33.7. The Balaban J connectivity index is 0.890. The van der Waals surface area contributed by atoms with E-state index in [2.05, 4.69) is 20.4 Å². The molecule has 8 rings (SSSR count). The molecule has 16 nitrogen and oxygen atoms in total. The fraction of sp³-hybridized carbons (Fsp3) is 0.476. The number of fused-ring (bicyclic) bond motifs is 2. The van der Waals surface area contributed by atoms with Gasteiger partial charge in [0.2, 0.25) is 11.8 Å². The monoisotopic (exact) mass is 794 g/mol. The highest BCUT2D eigenvalue weighted by Gasteiger charge is 2.50. The van der Waals surface area contributed by atoms with Crippen LogP contribution in [0.25, 0.3) is 11.1 Å². The van der Waals surface area contributed by atoms with E-state index in [0.29, 0.717) is 49.7 Å². The molecule has 3 saturated heterocycles. The quantitative estimate of drug-likeness (QED) is 0.288. The lowest BCUT2D eigenvalue weighted by Crippen LogP contribution is -2.61. The second-order valence-electron chi connectivity index (χ2n) is 16.2. The van der Waals surface area contributed by atoms with Crippen molar-refractivity contribution in [2.45, 2.75) is 56.8 Å². The number of nitrogens with one attached hydrogen (secondary N) is 2. The van der Waals surface area contributed by atoms with E-state index in [4.69, 9.17) is 9.47 Å². The van der Waals surface area contributed by atoms with Crippen LogP contribution in [0.15, 0.2) is 41.3 Å². The molecule has 5 aliphatic heterocycles. The number of benzene rings is 2. The number of hydrogen-bond donors (Lipinski definition) is 2. The Morgan fingerprint density at radius 1 is 0.914 bits per heavy atom. The van der Waals surface area contributed by atoms with Crippen molar-refractivity contribution in [3.8, 4) is 22.6 Å². The van der Waals surface area contributed by atoms with E-state index in [-0.39, 0.29) is 47.6 Å². The number of rotatable bonds is 10. The maximum Gasteiger partial charge on any atom is 0.317 e. The molecule has 0 bridgehead atoms. The van der Waals surface area contributed by atoms with Gasteiger partial charge in [-0.25, -0.2) is 4.79 Å². The van der Waals surface area contributed by atoms with E-state index in [1.54, 1.807) is 42.9 Å². The van der Waals surface area contributed by atoms with Crippen LogP contribution in [-0.4, -0.2) is 133 Å². The van der Waals surface area contributed by atoms with E-state index in [0.717, 1.165) is 65.3 Å². The van der Waals surface area contributed by atoms with E-state index in [1.165, 1.54) is 0 Å². The first-order valence-electron chi connectivity index (χ1n) is 19.8. The Hall–Kier alpha value is -5.74. The van der Waals surface area contributed by atoms with Crippen LogP contribution in [0.3, 0.4) is 0 Å². The largest absolute Gasteiger partial charge is 0.496 e. The summed E-state index contributed by atoms with van der Waals surface area (Å²) in [6.07, 6.45) is 4.46. The average Bonchev–Trinajstić information content (AvgIpc) is 3.75. The van der Waals surface area contributed by atoms with Gasteiger partial charge < -0.3 is 34.1 Å². The molecule has 0 saturated carbocycles. The molecule has 16 heteroatoms. The van der Waals surface area contributed by atoms with Gasteiger partial charge in [-0.3, -0.25) is 39.1 Å². The molecule has 0 radical (unpaired) electrons. The molecule has 3 fully saturated rings. The number of amides is 6. The maximum absolute atomic E-state index is 13.5. The van der Waals surface area contributed by atoms with Crippen molar-refractivity contribution in [1.82, 2.24) is 34.8 Å². The third kappa shape index (κ3) is 6.77. The highest BCUT2D eigenvalue weighted by molar-refractivity contribution is 6.23. The number of methoxy groups -OCH3 is 2. The zero-order chi connectivity index (χ0) is 41.0. The van der Waals surface area contributed by atoms with Crippen LogP contribution in [-0.2, 0) is 36.1 Å². The number of imide groups is 2. The summed E-state index contributed by atoms with van der Waals surface area (Å²) < 4.78 is 13.1. The molecule has 5 aliphatic rings. The molecule has 2 atom stereocenters. The third-order valence-corrected chi connectivity index (χ3v) is 12.5. The highest BCUT2D eigenvalue weighted by atomic mass is 16.5. The van der Waals surface area contributed by atoms with Crippen molar-refractivity contribution in [3.05, 3.63) is 74.7 Å². The van der Waals surface area contributed by atoms with Crippen LogP contribution in [0.2, 0.25) is 0 Å². The minimum atomic E-state index is -1.00. The molecule has 2 unspecified atom stereocenters. The summed E-state index contributed by atoms with van der Waals surface area (Å²) in [5, 5.41) is 5.33. The smallest absolute Gasteiger partial charge is 0.317 e. The molecule has 2 aromatic carbocycles. The molecular weight excluding hydrogens is 745 g/mol. The van der Waals surface area contributed by atoms with Crippen LogP contribution in [0, 0.1) is 0 Å². The first-order chi connectivity index (χ1) is 27.8. The fourth-order valence-corrected chi connectivity index (χ4v) is 9.39. The Morgan fingerprint density at radius 2 is 1.64 bits per heavy atom. The van der Waals surface area contributed by atoms with Gasteiger partial charge in [-0.2, -0.15) is 0 Å². The lowest BCUT2D eigenvalue weighted by Gasteiger charge is -2.52. The summed E-state index contributed by atoms with van der Waals surface area (Å²) in [6.45, 7) is 4.85. The van der Waals surface area contributed by atoms with Gasteiger partial charge in [-0.05, 0) is 81.2 Å². The van der Waals surface area contributed by atoms with E-state index in [9.17, 15) is 28.8 Å². The Bertz CT molecular complexity index is 2260. The molecule has 306 valence electrons. The Labute approximate surface area is 336 Å². The second kappa shape index (κ2) is 15.2. The van der Waals surface area contributed by atoms with Crippen LogP contribution in [0.4, 0.5) is 10.5 Å². The van der Waals surface area contributed by atoms with E-state index in [1.807, 2.05) is 43.4 Å². The number of anilines is 1. The summed E-state index contributed by atoms with van der Waals surface area (Å²) in [7, 11) is 8.98.